The second kappa shape index (κ2) is 9.87. The molecule has 3 rings (SSSR count). The number of methoxy groups -OCH3 is 2. The zero-order valence-electron chi connectivity index (χ0n) is 17.4. The Bertz CT molecular complexity index is 777. The molecule has 1 fully saturated rings. The highest BCUT2D eigenvalue weighted by atomic mass is 16.5. The van der Waals surface area contributed by atoms with E-state index in [1.54, 1.807) is 32.7 Å². The molecule has 1 aliphatic heterocycles. The van der Waals surface area contributed by atoms with E-state index < -0.39 is 5.60 Å². The zero-order chi connectivity index (χ0) is 20.7. The molecule has 8 nitrogen and oxygen atoms in total. The second-order valence-electron chi connectivity index (χ2n) is 7.44. The van der Waals surface area contributed by atoms with Gasteiger partial charge in [0, 0.05) is 39.1 Å². The van der Waals surface area contributed by atoms with Crippen molar-refractivity contribution in [2.45, 2.75) is 18.6 Å². The van der Waals surface area contributed by atoms with Gasteiger partial charge >= 0.3 is 0 Å². The molecule has 1 atom stereocenters. The Morgan fingerprint density at radius 3 is 2.69 bits per heavy atom. The number of aliphatic hydroxyl groups is 1. The molecule has 8 heteroatoms. The van der Waals surface area contributed by atoms with E-state index in [1.807, 2.05) is 30.1 Å². The zero-order valence-corrected chi connectivity index (χ0v) is 17.4. The lowest BCUT2D eigenvalue weighted by atomic mass is 10.0. The number of nitrogens with zero attached hydrogens (tertiary/aromatic N) is 4. The molecule has 0 amide bonds. The number of hydrogen-bond acceptors (Lipinski definition) is 8. The Labute approximate surface area is 172 Å². The largest absolute Gasteiger partial charge is 0.493 e. The third-order valence-corrected chi connectivity index (χ3v) is 4.96. The lowest BCUT2D eigenvalue weighted by molar-refractivity contribution is 0.0279. The lowest BCUT2D eigenvalue weighted by Gasteiger charge is -2.29. The van der Waals surface area contributed by atoms with Gasteiger partial charge in [-0.05, 0) is 37.2 Å². The molecule has 0 unspecified atom stereocenters. The Hall–Kier alpha value is -2.42. The summed E-state index contributed by atoms with van der Waals surface area (Å²) >= 11 is 0. The maximum Gasteiger partial charge on any atom is 0.225 e. The topological polar surface area (TPSA) is 80.2 Å². The summed E-state index contributed by atoms with van der Waals surface area (Å²) < 4.78 is 16.2. The minimum atomic E-state index is -0.793. The Morgan fingerprint density at radius 2 is 1.97 bits per heavy atom. The summed E-state index contributed by atoms with van der Waals surface area (Å²) in [6, 6.07) is 7.70. The molecule has 2 heterocycles. The fraction of sp³-hybridized carbons (Fsp3) is 0.524. The predicted octanol–water partition coefficient (Wildman–Crippen LogP) is 1.58. The smallest absolute Gasteiger partial charge is 0.225 e. The lowest BCUT2D eigenvalue weighted by Crippen LogP contribution is -2.43. The Morgan fingerprint density at radius 1 is 1.17 bits per heavy atom. The van der Waals surface area contributed by atoms with Crippen LogP contribution in [0.5, 0.6) is 11.5 Å². The summed E-state index contributed by atoms with van der Waals surface area (Å²) in [5.41, 5.74) is 0.295. The molecular weight excluding hydrogens is 372 g/mol. The summed E-state index contributed by atoms with van der Waals surface area (Å²) in [4.78, 5) is 12.7. The van der Waals surface area contributed by atoms with Gasteiger partial charge in [-0.15, -0.1) is 0 Å². The summed E-state index contributed by atoms with van der Waals surface area (Å²) in [6.07, 6.45) is 4.13. The first kappa shape index (κ1) is 21.3. The van der Waals surface area contributed by atoms with Crippen LogP contribution in [-0.2, 0) is 11.3 Å². The van der Waals surface area contributed by atoms with Crippen molar-refractivity contribution in [1.82, 2.24) is 14.9 Å². The average Bonchev–Trinajstić information content (AvgIpc) is 3.10. The molecule has 29 heavy (non-hydrogen) atoms. The van der Waals surface area contributed by atoms with Gasteiger partial charge < -0.3 is 24.2 Å². The SMILES string of the molecule is COCCOc1cc(CN(C)C[C@]2(O)CCN(c3ncccn3)C2)ccc1OC. The molecule has 0 bridgehead atoms. The van der Waals surface area contributed by atoms with E-state index in [9.17, 15) is 5.11 Å². The molecule has 0 aliphatic carbocycles. The van der Waals surface area contributed by atoms with E-state index in [2.05, 4.69) is 14.9 Å². The van der Waals surface area contributed by atoms with Crippen LogP contribution in [0.2, 0.25) is 0 Å². The molecule has 158 valence electrons. The number of anilines is 1. The van der Waals surface area contributed by atoms with Crippen LogP contribution in [0.4, 0.5) is 5.95 Å². The first-order valence-corrected chi connectivity index (χ1v) is 9.74. The van der Waals surface area contributed by atoms with Gasteiger partial charge in [0.25, 0.3) is 0 Å². The van der Waals surface area contributed by atoms with Crippen LogP contribution in [-0.4, -0.2) is 79.7 Å². The average molecular weight is 402 g/mol. The van der Waals surface area contributed by atoms with Crippen LogP contribution in [0.25, 0.3) is 0 Å². The van der Waals surface area contributed by atoms with E-state index in [0.29, 0.717) is 56.7 Å². The van der Waals surface area contributed by atoms with E-state index in [0.717, 1.165) is 12.1 Å². The van der Waals surface area contributed by atoms with Crippen molar-refractivity contribution in [3.05, 3.63) is 42.2 Å². The summed E-state index contributed by atoms with van der Waals surface area (Å²) in [5.74, 6) is 2.06. The summed E-state index contributed by atoms with van der Waals surface area (Å²) in [7, 11) is 5.28. The van der Waals surface area contributed by atoms with Crippen molar-refractivity contribution >= 4 is 5.95 Å². The second-order valence-corrected chi connectivity index (χ2v) is 7.44. The van der Waals surface area contributed by atoms with Gasteiger partial charge in [-0.3, -0.25) is 4.90 Å². The van der Waals surface area contributed by atoms with Crippen molar-refractivity contribution in [3.8, 4) is 11.5 Å². The minimum absolute atomic E-state index is 0.462. The maximum atomic E-state index is 11.1. The standard InChI is InChI=1S/C21H30N4O4/c1-24(14-17-5-6-18(28-3)19(13-17)29-12-11-27-2)15-21(26)7-10-25(16-21)20-22-8-4-9-23-20/h4-6,8-9,13,26H,7,10-12,14-16H2,1-3H3/t21-/m1/s1. The molecule has 1 N–H and O–H groups in total. The van der Waals surface area contributed by atoms with Gasteiger partial charge in [-0.1, -0.05) is 6.07 Å². The molecule has 1 aliphatic rings. The van der Waals surface area contributed by atoms with Crippen molar-refractivity contribution in [1.29, 1.82) is 0 Å². The number of likely N-dealkylation sites (N-methyl/N-ethyl adjacent to an activating group) is 1. The van der Waals surface area contributed by atoms with Crippen LogP contribution >= 0.6 is 0 Å². The number of rotatable bonds is 10. The van der Waals surface area contributed by atoms with Gasteiger partial charge in [0.15, 0.2) is 11.5 Å². The third kappa shape index (κ3) is 5.79. The van der Waals surface area contributed by atoms with Gasteiger partial charge in [-0.2, -0.15) is 0 Å². The van der Waals surface area contributed by atoms with Crippen molar-refractivity contribution in [3.63, 3.8) is 0 Å². The fourth-order valence-electron chi connectivity index (χ4n) is 3.65. The Balaban J connectivity index is 1.58. The first-order valence-electron chi connectivity index (χ1n) is 9.74. The molecule has 0 spiro atoms. The van der Waals surface area contributed by atoms with Crippen molar-refractivity contribution < 1.29 is 19.3 Å². The van der Waals surface area contributed by atoms with Crippen molar-refractivity contribution in [2.24, 2.45) is 0 Å². The fourth-order valence-corrected chi connectivity index (χ4v) is 3.65. The highest BCUT2D eigenvalue weighted by Crippen LogP contribution is 2.29. The van der Waals surface area contributed by atoms with Crippen LogP contribution < -0.4 is 14.4 Å². The van der Waals surface area contributed by atoms with Crippen LogP contribution in [0.1, 0.15) is 12.0 Å². The van der Waals surface area contributed by atoms with Crippen LogP contribution in [0, 0.1) is 0 Å². The highest BCUT2D eigenvalue weighted by Gasteiger charge is 2.38. The minimum Gasteiger partial charge on any atom is -0.493 e. The van der Waals surface area contributed by atoms with Gasteiger partial charge in [0.2, 0.25) is 5.95 Å². The van der Waals surface area contributed by atoms with Crippen LogP contribution in [0.15, 0.2) is 36.7 Å². The van der Waals surface area contributed by atoms with Crippen LogP contribution in [0.3, 0.4) is 0 Å². The molecular formula is C21H30N4O4. The molecule has 0 radical (unpaired) electrons. The van der Waals surface area contributed by atoms with Gasteiger partial charge in [0.1, 0.15) is 6.61 Å². The highest BCUT2D eigenvalue weighted by molar-refractivity contribution is 5.43. The molecule has 1 aromatic heterocycles. The van der Waals surface area contributed by atoms with E-state index in [-0.39, 0.29) is 0 Å². The van der Waals surface area contributed by atoms with Gasteiger partial charge in [0.05, 0.1) is 25.9 Å². The van der Waals surface area contributed by atoms with E-state index in [1.165, 1.54) is 0 Å². The van der Waals surface area contributed by atoms with E-state index >= 15 is 0 Å². The van der Waals surface area contributed by atoms with E-state index in [4.69, 9.17) is 14.2 Å². The molecule has 0 saturated carbocycles. The number of ether oxygens (including phenoxy) is 3. The summed E-state index contributed by atoms with van der Waals surface area (Å²) in [6.45, 7) is 3.49. The maximum absolute atomic E-state index is 11.1. The normalized spacial score (nSPS) is 19.0. The number of aromatic nitrogens is 2. The molecule has 1 saturated heterocycles. The molecule has 1 aromatic carbocycles. The number of hydrogen-bond donors (Lipinski definition) is 1. The monoisotopic (exact) mass is 402 g/mol. The number of β-amino-alcohol motifs (C(OH)–C–C–N with tert-alkyl or cyclic N) is 1. The number of benzene rings is 1. The predicted molar refractivity (Wildman–Crippen MR) is 111 cm³/mol. The van der Waals surface area contributed by atoms with Crippen molar-refractivity contribution in [2.75, 3.05) is 59.0 Å². The first-order chi connectivity index (χ1) is 14.0. The third-order valence-electron chi connectivity index (χ3n) is 4.96. The van der Waals surface area contributed by atoms with Gasteiger partial charge in [-0.25, -0.2) is 9.97 Å². The summed E-state index contributed by atoms with van der Waals surface area (Å²) in [5, 5.41) is 11.1. The Kier molecular flexibility index (Phi) is 7.24. The molecule has 2 aromatic rings. The quantitative estimate of drug-likeness (QED) is 0.600.